The number of para-hydroxylation sites is 2. The molecule has 0 N–H and O–H groups in total. The van der Waals surface area contributed by atoms with Gasteiger partial charge in [-0.05, 0) is 36.8 Å². The van der Waals surface area contributed by atoms with Crippen LogP contribution in [0, 0.1) is 6.92 Å². The molecule has 39 heavy (non-hydrogen) atoms. The van der Waals surface area contributed by atoms with Crippen molar-refractivity contribution in [3.63, 3.8) is 0 Å². The molecule has 198 valence electrons. The van der Waals surface area contributed by atoms with E-state index in [4.69, 9.17) is 19.4 Å². The molecular weight excluding hydrogens is 482 g/mol. The summed E-state index contributed by atoms with van der Waals surface area (Å²) in [4.78, 5) is 14.6. The summed E-state index contributed by atoms with van der Waals surface area (Å²) >= 11 is 0. The predicted molar refractivity (Wildman–Crippen MR) is 158 cm³/mol. The highest BCUT2D eigenvalue weighted by Crippen LogP contribution is 2.39. The molecule has 3 aromatic heterocycles. The predicted octanol–water partition coefficient (Wildman–Crippen LogP) is 7.32. The number of aromatic nitrogens is 5. The Hall–Kier alpha value is -4.06. The van der Waals surface area contributed by atoms with E-state index in [1.165, 1.54) is 16.6 Å². The van der Waals surface area contributed by atoms with E-state index in [2.05, 4.69) is 126 Å². The Bertz CT molecular complexity index is 1840. The summed E-state index contributed by atoms with van der Waals surface area (Å²) in [5.41, 5.74) is 6.91. The second kappa shape index (κ2) is 8.47. The van der Waals surface area contributed by atoms with Crippen LogP contribution in [-0.2, 0) is 24.9 Å². The molecule has 6 nitrogen and oxygen atoms in total. The van der Waals surface area contributed by atoms with Crippen LogP contribution in [0.5, 0.6) is 0 Å². The Balaban J connectivity index is 1.59. The second-order valence-corrected chi connectivity index (χ2v) is 12.7. The topological polar surface area (TPSA) is 60.6 Å². The summed E-state index contributed by atoms with van der Waals surface area (Å²) < 4.78 is 11.2. The zero-order valence-corrected chi connectivity index (χ0v) is 24.3. The third-order valence-corrected chi connectivity index (χ3v) is 7.55. The van der Waals surface area contributed by atoms with Crippen LogP contribution in [0.15, 0.2) is 59.0 Å². The van der Waals surface area contributed by atoms with Gasteiger partial charge in [0, 0.05) is 27.2 Å². The van der Waals surface area contributed by atoms with E-state index in [1.54, 1.807) is 0 Å². The zero-order chi connectivity index (χ0) is 27.9. The molecule has 0 aliphatic carbocycles. The number of aryl methyl sites for hydroxylation is 3. The molecule has 0 saturated carbocycles. The Morgan fingerprint density at radius 3 is 2.08 bits per heavy atom. The van der Waals surface area contributed by atoms with Crippen molar-refractivity contribution < 1.29 is 8.98 Å². The van der Waals surface area contributed by atoms with Crippen molar-refractivity contribution in [2.45, 2.75) is 59.3 Å². The molecule has 0 saturated heterocycles. The number of fused-ring (bicyclic) bond motifs is 4. The van der Waals surface area contributed by atoms with E-state index >= 15 is 0 Å². The smallest absolute Gasteiger partial charge is 0.293 e. The molecule has 6 aromatic rings. The van der Waals surface area contributed by atoms with Crippen LogP contribution in [0.25, 0.3) is 55.7 Å². The fourth-order valence-corrected chi connectivity index (χ4v) is 5.35. The third kappa shape index (κ3) is 4.01. The number of nitrogens with zero attached hydrogens (tertiary/aromatic N) is 5. The largest absolute Gasteiger partial charge is 0.455 e. The van der Waals surface area contributed by atoms with Crippen LogP contribution in [0.1, 0.15) is 58.8 Å². The SMILES string of the molecule is Cc1ccc2c(oc3cc(-c4nc(C(C)(C)C)nc(C(C)(C)C)n4)ccc32)c1-c1n(C)c2ccccc2[n+]1C. The molecule has 0 aliphatic rings. The molecule has 0 atom stereocenters. The molecule has 0 aliphatic heterocycles. The van der Waals surface area contributed by atoms with Gasteiger partial charge in [-0.1, -0.05) is 71.9 Å². The lowest BCUT2D eigenvalue weighted by molar-refractivity contribution is -0.634. The van der Waals surface area contributed by atoms with Crippen LogP contribution < -0.4 is 4.57 Å². The average Bonchev–Trinajstić information content (AvgIpc) is 3.37. The summed E-state index contributed by atoms with van der Waals surface area (Å²) in [7, 11) is 4.24. The van der Waals surface area contributed by atoms with Gasteiger partial charge in [-0.25, -0.2) is 24.1 Å². The number of hydrogen-bond acceptors (Lipinski definition) is 4. The van der Waals surface area contributed by atoms with Gasteiger partial charge in [0.1, 0.15) is 22.8 Å². The fourth-order valence-electron chi connectivity index (χ4n) is 5.35. The number of imidazole rings is 1. The van der Waals surface area contributed by atoms with E-state index in [0.717, 1.165) is 50.5 Å². The Morgan fingerprint density at radius 2 is 1.44 bits per heavy atom. The van der Waals surface area contributed by atoms with Crippen molar-refractivity contribution in [1.29, 1.82) is 0 Å². The van der Waals surface area contributed by atoms with E-state index in [9.17, 15) is 0 Å². The van der Waals surface area contributed by atoms with Gasteiger partial charge in [-0.15, -0.1) is 0 Å². The van der Waals surface area contributed by atoms with Crippen molar-refractivity contribution in [1.82, 2.24) is 19.5 Å². The molecule has 0 unspecified atom stereocenters. The highest BCUT2D eigenvalue weighted by Gasteiger charge is 2.28. The highest BCUT2D eigenvalue weighted by atomic mass is 16.3. The minimum atomic E-state index is -0.193. The molecular formula is C33H36N5O+. The van der Waals surface area contributed by atoms with Gasteiger partial charge in [-0.3, -0.25) is 0 Å². The molecule has 3 heterocycles. The van der Waals surface area contributed by atoms with Crippen molar-refractivity contribution in [2.24, 2.45) is 14.1 Å². The highest BCUT2D eigenvalue weighted by molar-refractivity contribution is 6.10. The molecule has 3 aromatic carbocycles. The Labute approximate surface area is 229 Å². The maximum Gasteiger partial charge on any atom is 0.293 e. The lowest BCUT2D eigenvalue weighted by Gasteiger charge is -2.22. The van der Waals surface area contributed by atoms with Crippen LogP contribution >= 0.6 is 0 Å². The van der Waals surface area contributed by atoms with Gasteiger partial charge in [0.05, 0.1) is 14.1 Å². The maximum absolute atomic E-state index is 6.68. The second-order valence-electron chi connectivity index (χ2n) is 12.7. The minimum Gasteiger partial charge on any atom is -0.455 e. The first-order chi connectivity index (χ1) is 18.3. The molecule has 6 rings (SSSR count). The van der Waals surface area contributed by atoms with E-state index in [-0.39, 0.29) is 10.8 Å². The van der Waals surface area contributed by atoms with Crippen molar-refractivity contribution in [3.05, 3.63) is 71.8 Å². The first kappa shape index (κ1) is 25.2. The summed E-state index contributed by atoms with van der Waals surface area (Å²) in [6, 6.07) is 19.1. The molecule has 0 fully saturated rings. The number of hydrogen-bond donors (Lipinski definition) is 0. The van der Waals surface area contributed by atoms with Gasteiger partial charge in [0.15, 0.2) is 22.4 Å². The lowest BCUT2D eigenvalue weighted by atomic mass is 9.93. The van der Waals surface area contributed by atoms with Crippen LogP contribution in [0.2, 0.25) is 0 Å². The standard InChI is InChI=1S/C33H36N5O/c1-19-14-16-22-21-17-15-20(28-34-30(32(2,3)4)36-31(35-28)33(5,6)7)18-25(21)39-27(22)26(19)29-37(8)23-12-10-11-13-24(23)38(29)9/h10-18H,1-9H3/q+1. The molecule has 0 spiro atoms. The van der Waals surface area contributed by atoms with Crippen molar-refractivity contribution >= 4 is 33.0 Å². The number of rotatable bonds is 2. The van der Waals surface area contributed by atoms with Gasteiger partial charge < -0.3 is 4.42 Å². The van der Waals surface area contributed by atoms with Crippen LogP contribution in [0.4, 0.5) is 0 Å². The molecule has 0 amide bonds. The molecule has 0 bridgehead atoms. The quantitative estimate of drug-likeness (QED) is 0.225. The summed E-state index contributed by atoms with van der Waals surface area (Å²) in [6.45, 7) is 15.0. The molecule has 6 heteroatoms. The van der Waals surface area contributed by atoms with E-state index in [0.29, 0.717) is 5.82 Å². The Morgan fingerprint density at radius 1 is 0.795 bits per heavy atom. The fraction of sp³-hybridized carbons (Fsp3) is 0.333. The minimum absolute atomic E-state index is 0.193. The lowest BCUT2D eigenvalue weighted by Crippen LogP contribution is -2.30. The first-order valence-corrected chi connectivity index (χ1v) is 13.5. The Kier molecular flexibility index (Phi) is 5.48. The van der Waals surface area contributed by atoms with Crippen LogP contribution in [0.3, 0.4) is 0 Å². The van der Waals surface area contributed by atoms with E-state index < -0.39 is 0 Å². The van der Waals surface area contributed by atoms with Crippen molar-refractivity contribution in [2.75, 3.05) is 0 Å². The molecule has 0 radical (unpaired) electrons. The van der Waals surface area contributed by atoms with Gasteiger partial charge >= 0.3 is 0 Å². The number of furan rings is 1. The van der Waals surface area contributed by atoms with Gasteiger partial charge in [-0.2, -0.15) is 0 Å². The monoisotopic (exact) mass is 518 g/mol. The average molecular weight is 519 g/mol. The van der Waals surface area contributed by atoms with Crippen LogP contribution in [-0.4, -0.2) is 19.5 Å². The number of benzene rings is 3. The van der Waals surface area contributed by atoms with Gasteiger partial charge in [0.2, 0.25) is 0 Å². The third-order valence-electron chi connectivity index (χ3n) is 7.55. The van der Waals surface area contributed by atoms with Gasteiger partial charge in [0.25, 0.3) is 5.82 Å². The normalized spacial score (nSPS) is 12.7. The summed E-state index contributed by atoms with van der Waals surface area (Å²) in [5, 5.41) is 2.18. The first-order valence-electron chi connectivity index (χ1n) is 13.5. The van der Waals surface area contributed by atoms with E-state index in [1.807, 2.05) is 0 Å². The zero-order valence-electron chi connectivity index (χ0n) is 24.3. The summed E-state index contributed by atoms with van der Waals surface area (Å²) in [5.74, 6) is 3.38. The maximum atomic E-state index is 6.68. The van der Waals surface area contributed by atoms with Crippen molar-refractivity contribution in [3.8, 4) is 22.8 Å². The summed E-state index contributed by atoms with van der Waals surface area (Å²) in [6.07, 6.45) is 0.